The van der Waals surface area contributed by atoms with Crippen molar-refractivity contribution in [1.82, 2.24) is 5.32 Å². The molecule has 1 unspecified atom stereocenters. The van der Waals surface area contributed by atoms with E-state index in [1.807, 2.05) is 6.92 Å². The van der Waals surface area contributed by atoms with E-state index >= 15 is 0 Å². The molecular formula is C13H20ClNO2. The van der Waals surface area contributed by atoms with Crippen molar-refractivity contribution in [3.8, 4) is 0 Å². The molecule has 17 heavy (non-hydrogen) atoms. The van der Waals surface area contributed by atoms with Crippen molar-refractivity contribution in [3.63, 3.8) is 0 Å². The van der Waals surface area contributed by atoms with Gasteiger partial charge in [0.25, 0.3) is 5.91 Å². The zero-order chi connectivity index (χ0) is 12.7. The molecule has 3 nitrogen and oxygen atoms in total. The van der Waals surface area contributed by atoms with E-state index in [4.69, 9.17) is 16.0 Å². The van der Waals surface area contributed by atoms with Gasteiger partial charge in [-0.1, -0.05) is 13.8 Å². The minimum atomic E-state index is -0.0471. The second kappa shape index (κ2) is 7.38. The number of carbonyl (C=O) groups is 1. The van der Waals surface area contributed by atoms with Crippen LogP contribution >= 0.6 is 11.6 Å². The zero-order valence-electron chi connectivity index (χ0n) is 10.5. The molecule has 1 rings (SSSR count). The van der Waals surface area contributed by atoms with Gasteiger partial charge in [-0.25, -0.2) is 0 Å². The number of aryl methyl sites for hydroxylation is 1. The van der Waals surface area contributed by atoms with Crippen LogP contribution in [0.5, 0.6) is 0 Å². The summed E-state index contributed by atoms with van der Waals surface area (Å²) in [4.78, 5) is 11.8. The second-order valence-corrected chi connectivity index (χ2v) is 4.58. The smallest absolute Gasteiger partial charge is 0.254 e. The number of alkyl halides is 1. The molecule has 4 heteroatoms. The number of hydrogen-bond donors (Lipinski definition) is 1. The van der Waals surface area contributed by atoms with Gasteiger partial charge < -0.3 is 9.73 Å². The average Bonchev–Trinajstić information content (AvgIpc) is 2.82. The number of nitrogens with one attached hydrogen (secondary N) is 1. The standard InChI is InChI=1S/C13H20ClNO2/c1-3-12-11(6-8-17-12)13(16)15-7-4-5-10(2)9-14/h6,8,10H,3-5,7,9H2,1-2H3,(H,15,16). The summed E-state index contributed by atoms with van der Waals surface area (Å²) in [7, 11) is 0. The molecule has 1 N–H and O–H groups in total. The van der Waals surface area contributed by atoms with E-state index in [0.717, 1.165) is 25.0 Å². The highest BCUT2D eigenvalue weighted by molar-refractivity contribution is 6.18. The Bertz CT molecular complexity index is 349. The second-order valence-electron chi connectivity index (χ2n) is 4.27. The lowest BCUT2D eigenvalue weighted by atomic mass is 10.1. The molecule has 0 bridgehead atoms. The normalized spacial score (nSPS) is 12.4. The summed E-state index contributed by atoms with van der Waals surface area (Å²) in [6.45, 7) is 4.77. The van der Waals surface area contributed by atoms with Crippen LogP contribution in [0.1, 0.15) is 42.8 Å². The van der Waals surface area contributed by atoms with E-state index in [1.54, 1.807) is 12.3 Å². The largest absolute Gasteiger partial charge is 0.469 e. The topological polar surface area (TPSA) is 42.2 Å². The van der Waals surface area contributed by atoms with Gasteiger partial charge in [-0.3, -0.25) is 4.79 Å². The van der Waals surface area contributed by atoms with Crippen LogP contribution in [0.25, 0.3) is 0 Å². The van der Waals surface area contributed by atoms with Crippen molar-refractivity contribution in [2.75, 3.05) is 12.4 Å². The number of furan rings is 1. The Labute approximate surface area is 108 Å². The molecule has 0 fully saturated rings. The predicted octanol–water partition coefficient (Wildman–Crippen LogP) is 3.23. The van der Waals surface area contributed by atoms with Gasteiger partial charge in [0.05, 0.1) is 11.8 Å². The molecule has 1 amide bonds. The van der Waals surface area contributed by atoms with Gasteiger partial charge in [0.2, 0.25) is 0 Å². The van der Waals surface area contributed by atoms with Crippen LogP contribution in [0, 0.1) is 5.92 Å². The highest BCUT2D eigenvalue weighted by Crippen LogP contribution is 2.11. The first kappa shape index (κ1) is 14.1. The van der Waals surface area contributed by atoms with E-state index in [2.05, 4.69) is 12.2 Å². The van der Waals surface area contributed by atoms with E-state index in [1.165, 1.54) is 0 Å². The maximum Gasteiger partial charge on any atom is 0.254 e. The van der Waals surface area contributed by atoms with Gasteiger partial charge in [-0.2, -0.15) is 0 Å². The van der Waals surface area contributed by atoms with Gasteiger partial charge in [-0.05, 0) is 24.8 Å². The molecule has 0 aliphatic rings. The monoisotopic (exact) mass is 257 g/mol. The summed E-state index contributed by atoms with van der Waals surface area (Å²) in [6.07, 6.45) is 4.29. The summed E-state index contributed by atoms with van der Waals surface area (Å²) >= 11 is 5.71. The van der Waals surface area contributed by atoms with E-state index in [9.17, 15) is 4.79 Å². The van der Waals surface area contributed by atoms with E-state index < -0.39 is 0 Å². The van der Waals surface area contributed by atoms with E-state index in [0.29, 0.717) is 23.9 Å². The number of rotatable bonds is 7. The average molecular weight is 258 g/mol. The van der Waals surface area contributed by atoms with Crippen molar-refractivity contribution in [2.45, 2.75) is 33.1 Å². The lowest BCUT2D eigenvalue weighted by Crippen LogP contribution is -2.25. The third-order valence-electron chi connectivity index (χ3n) is 2.73. The van der Waals surface area contributed by atoms with Crippen LogP contribution in [0.15, 0.2) is 16.7 Å². The number of hydrogen-bond acceptors (Lipinski definition) is 2. The first-order chi connectivity index (χ1) is 8.19. The molecule has 0 aliphatic heterocycles. The molecule has 1 aromatic rings. The Kier molecular flexibility index (Phi) is 6.12. The van der Waals surface area contributed by atoms with Crippen LogP contribution in [0.3, 0.4) is 0 Å². The number of carbonyl (C=O) groups excluding carboxylic acids is 1. The number of halogens is 1. The Hall–Kier alpha value is -0.960. The molecule has 0 aromatic carbocycles. The summed E-state index contributed by atoms with van der Waals surface area (Å²) in [5.41, 5.74) is 0.651. The van der Waals surface area contributed by atoms with E-state index in [-0.39, 0.29) is 5.91 Å². The molecule has 1 aromatic heterocycles. The zero-order valence-corrected chi connectivity index (χ0v) is 11.2. The molecule has 1 heterocycles. The lowest BCUT2D eigenvalue weighted by Gasteiger charge is -2.08. The van der Waals surface area contributed by atoms with Crippen molar-refractivity contribution < 1.29 is 9.21 Å². The van der Waals surface area contributed by atoms with Crippen molar-refractivity contribution in [2.24, 2.45) is 5.92 Å². The Balaban J connectivity index is 2.30. The third kappa shape index (κ3) is 4.43. The SMILES string of the molecule is CCc1occc1C(=O)NCCCC(C)CCl. The summed E-state index contributed by atoms with van der Waals surface area (Å²) in [5, 5.41) is 2.90. The quantitative estimate of drug-likeness (QED) is 0.602. The summed E-state index contributed by atoms with van der Waals surface area (Å²) < 4.78 is 5.22. The maximum atomic E-state index is 11.8. The highest BCUT2D eigenvalue weighted by Gasteiger charge is 2.12. The number of amides is 1. The van der Waals surface area contributed by atoms with Gasteiger partial charge in [-0.15, -0.1) is 11.6 Å². The minimum Gasteiger partial charge on any atom is -0.469 e. The molecule has 1 atom stereocenters. The van der Waals surface area contributed by atoms with Crippen LogP contribution in [-0.4, -0.2) is 18.3 Å². The van der Waals surface area contributed by atoms with Crippen LogP contribution in [0.4, 0.5) is 0 Å². The molecule has 0 saturated carbocycles. The molecular weight excluding hydrogens is 238 g/mol. The van der Waals surface area contributed by atoms with Gasteiger partial charge in [0.1, 0.15) is 5.76 Å². The Morgan fingerprint density at radius 1 is 1.59 bits per heavy atom. The van der Waals surface area contributed by atoms with Gasteiger partial charge in [0, 0.05) is 18.8 Å². The fourth-order valence-corrected chi connectivity index (χ4v) is 1.80. The summed E-state index contributed by atoms with van der Waals surface area (Å²) in [5.74, 6) is 1.88. The molecule has 0 spiro atoms. The fourth-order valence-electron chi connectivity index (χ4n) is 1.64. The van der Waals surface area contributed by atoms with Crippen molar-refractivity contribution in [1.29, 1.82) is 0 Å². The van der Waals surface area contributed by atoms with Gasteiger partial charge in [0.15, 0.2) is 0 Å². The predicted molar refractivity (Wildman–Crippen MR) is 69.5 cm³/mol. The third-order valence-corrected chi connectivity index (χ3v) is 3.26. The first-order valence-electron chi connectivity index (χ1n) is 6.09. The molecule has 0 aliphatic carbocycles. The van der Waals surface area contributed by atoms with Crippen LogP contribution < -0.4 is 5.32 Å². The minimum absolute atomic E-state index is 0.0471. The maximum absolute atomic E-state index is 11.8. The van der Waals surface area contributed by atoms with Crippen molar-refractivity contribution >= 4 is 17.5 Å². The molecule has 96 valence electrons. The summed E-state index contributed by atoms with van der Waals surface area (Å²) in [6, 6.07) is 1.72. The lowest BCUT2D eigenvalue weighted by molar-refractivity contribution is 0.0950. The van der Waals surface area contributed by atoms with Crippen molar-refractivity contribution in [3.05, 3.63) is 23.7 Å². The van der Waals surface area contributed by atoms with Crippen LogP contribution in [0.2, 0.25) is 0 Å². The highest BCUT2D eigenvalue weighted by atomic mass is 35.5. The van der Waals surface area contributed by atoms with Crippen LogP contribution in [-0.2, 0) is 6.42 Å². The molecule has 0 radical (unpaired) electrons. The Morgan fingerprint density at radius 3 is 3.00 bits per heavy atom. The first-order valence-corrected chi connectivity index (χ1v) is 6.63. The fraction of sp³-hybridized carbons (Fsp3) is 0.615. The van der Waals surface area contributed by atoms with Gasteiger partial charge >= 0.3 is 0 Å². The Morgan fingerprint density at radius 2 is 2.35 bits per heavy atom. The molecule has 0 saturated heterocycles.